The molecule has 1 aromatic heterocycles. The summed E-state index contributed by atoms with van der Waals surface area (Å²) >= 11 is 0. The zero-order valence-corrected chi connectivity index (χ0v) is 9.27. The van der Waals surface area contributed by atoms with Crippen LogP contribution in [0.5, 0.6) is 0 Å². The Morgan fingerprint density at radius 1 is 1.21 bits per heavy atom. The van der Waals surface area contributed by atoms with Crippen LogP contribution in [0.15, 0.2) is 22.6 Å². The highest BCUT2D eigenvalue weighted by molar-refractivity contribution is 7.28. The van der Waals surface area contributed by atoms with Gasteiger partial charge in [-0.05, 0) is 17.8 Å². The van der Waals surface area contributed by atoms with Crippen LogP contribution in [0.3, 0.4) is 0 Å². The summed E-state index contributed by atoms with van der Waals surface area (Å²) in [6.45, 7) is 3.82. The van der Waals surface area contributed by atoms with Crippen molar-refractivity contribution < 1.29 is 4.42 Å². The van der Waals surface area contributed by atoms with Gasteiger partial charge < -0.3 is 4.42 Å². The molecule has 4 heteroatoms. The second-order valence-corrected chi connectivity index (χ2v) is 3.79. The summed E-state index contributed by atoms with van der Waals surface area (Å²) in [7, 11) is 2.68. The molecule has 2 aromatic rings. The maximum atomic E-state index is 5.40. The van der Waals surface area contributed by atoms with Crippen molar-refractivity contribution in [3.05, 3.63) is 29.7 Å². The summed E-state index contributed by atoms with van der Waals surface area (Å²) in [5, 5.41) is 8.90. The third-order valence-electron chi connectivity index (χ3n) is 2.04. The fourth-order valence-corrected chi connectivity index (χ4v) is 1.84. The van der Waals surface area contributed by atoms with Crippen LogP contribution in [-0.2, 0) is 0 Å². The number of rotatable bonds is 1. The lowest BCUT2D eigenvalue weighted by atomic mass is 10.1. The normalized spacial score (nSPS) is 10.5. The molecule has 14 heavy (non-hydrogen) atoms. The lowest BCUT2D eigenvalue weighted by Crippen LogP contribution is -1.99. The lowest BCUT2D eigenvalue weighted by Gasteiger charge is -2.03. The first-order valence-corrected chi connectivity index (χ1v) is 4.92. The summed E-state index contributed by atoms with van der Waals surface area (Å²) in [5.74, 6) is 1.18. The Labute approximate surface area is 84.8 Å². The average molecular weight is 206 g/mol. The van der Waals surface area contributed by atoms with Crippen LogP contribution in [0.4, 0.5) is 0 Å². The van der Waals surface area contributed by atoms with Crippen LogP contribution < -0.4 is 5.30 Å². The maximum Gasteiger partial charge on any atom is 0.248 e. The zero-order chi connectivity index (χ0) is 10.1. The molecule has 0 N–H and O–H groups in total. The molecule has 2 rings (SSSR count). The maximum absolute atomic E-state index is 5.40. The molecule has 0 spiro atoms. The van der Waals surface area contributed by atoms with Gasteiger partial charge in [0.05, 0.1) is 0 Å². The van der Waals surface area contributed by atoms with E-state index < -0.39 is 0 Å². The van der Waals surface area contributed by atoms with Crippen LogP contribution in [0, 0.1) is 13.8 Å². The van der Waals surface area contributed by atoms with Crippen molar-refractivity contribution in [1.29, 1.82) is 0 Å². The van der Waals surface area contributed by atoms with Gasteiger partial charge in [-0.3, -0.25) is 0 Å². The van der Waals surface area contributed by atoms with E-state index in [-0.39, 0.29) is 0 Å². The molecule has 0 amide bonds. The van der Waals surface area contributed by atoms with Crippen molar-refractivity contribution in [2.75, 3.05) is 0 Å². The molecule has 0 saturated heterocycles. The first kappa shape index (κ1) is 9.35. The standard InChI is InChI=1S/C10H11N2OP/c1-6-4-3-5-8(14)9(6)10-12-11-7(2)13-10/h3-5H,14H2,1-2H3. The van der Waals surface area contributed by atoms with Gasteiger partial charge in [-0.25, -0.2) is 0 Å². The minimum absolute atomic E-state index is 0.589. The largest absolute Gasteiger partial charge is 0.421 e. The Morgan fingerprint density at radius 2 is 2.00 bits per heavy atom. The number of hydrogen-bond donors (Lipinski definition) is 0. The van der Waals surface area contributed by atoms with Crippen LogP contribution in [0.2, 0.25) is 0 Å². The second-order valence-electron chi connectivity index (χ2n) is 3.17. The van der Waals surface area contributed by atoms with Crippen molar-refractivity contribution in [3.63, 3.8) is 0 Å². The number of nitrogens with zero attached hydrogens (tertiary/aromatic N) is 2. The van der Waals surface area contributed by atoms with E-state index in [0.29, 0.717) is 11.8 Å². The molecule has 0 fully saturated rings. The molecule has 1 unspecified atom stereocenters. The molecule has 1 aromatic carbocycles. The van der Waals surface area contributed by atoms with Gasteiger partial charge in [0.2, 0.25) is 11.8 Å². The van der Waals surface area contributed by atoms with Crippen LogP contribution in [-0.4, -0.2) is 10.2 Å². The van der Waals surface area contributed by atoms with E-state index in [4.69, 9.17) is 4.42 Å². The summed E-state index contributed by atoms with van der Waals surface area (Å²) in [5.41, 5.74) is 2.15. The molecule has 0 saturated carbocycles. The third-order valence-corrected chi connectivity index (χ3v) is 2.53. The molecule has 0 bridgehead atoms. The third kappa shape index (κ3) is 1.55. The molecular formula is C10H11N2OP. The minimum Gasteiger partial charge on any atom is -0.421 e. The quantitative estimate of drug-likeness (QED) is 0.668. The average Bonchev–Trinajstić information content (AvgIpc) is 2.51. The first-order valence-electron chi connectivity index (χ1n) is 4.34. The van der Waals surface area contributed by atoms with Crippen molar-refractivity contribution in [1.82, 2.24) is 10.2 Å². The van der Waals surface area contributed by atoms with E-state index in [9.17, 15) is 0 Å². The first-order chi connectivity index (χ1) is 6.68. The number of aromatic nitrogens is 2. The smallest absolute Gasteiger partial charge is 0.248 e. The van der Waals surface area contributed by atoms with Gasteiger partial charge in [-0.2, -0.15) is 0 Å². The number of aryl methyl sites for hydroxylation is 2. The monoisotopic (exact) mass is 206 g/mol. The highest BCUT2D eigenvalue weighted by Gasteiger charge is 2.11. The molecular weight excluding hydrogens is 195 g/mol. The summed E-state index contributed by atoms with van der Waals surface area (Å²) in [4.78, 5) is 0. The van der Waals surface area contributed by atoms with Gasteiger partial charge in [0, 0.05) is 12.5 Å². The lowest BCUT2D eigenvalue weighted by molar-refractivity contribution is 0.533. The molecule has 0 aliphatic heterocycles. The summed E-state index contributed by atoms with van der Waals surface area (Å²) in [6, 6.07) is 6.04. The number of benzene rings is 1. The Morgan fingerprint density at radius 3 is 2.57 bits per heavy atom. The molecule has 0 radical (unpaired) electrons. The van der Waals surface area contributed by atoms with Crippen molar-refractivity contribution >= 4 is 14.5 Å². The Hall–Kier alpha value is -1.21. The van der Waals surface area contributed by atoms with E-state index in [2.05, 4.69) is 19.4 Å². The molecule has 3 nitrogen and oxygen atoms in total. The summed E-state index contributed by atoms with van der Waals surface area (Å²) < 4.78 is 5.40. The predicted octanol–water partition coefficient (Wildman–Crippen LogP) is 1.85. The topological polar surface area (TPSA) is 38.9 Å². The van der Waals surface area contributed by atoms with Gasteiger partial charge in [0.1, 0.15) is 0 Å². The van der Waals surface area contributed by atoms with E-state index in [1.165, 1.54) is 0 Å². The van der Waals surface area contributed by atoms with Gasteiger partial charge in [0.25, 0.3) is 0 Å². The molecule has 1 atom stereocenters. The van der Waals surface area contributed by atoms with Crippen molar-refractivity contribution in [3.8, 4) is 11.5 Å². The number of hydrogen-bond acceptors (Lipinski definition) is 3. The predicted molar refractivity (Wildman–Crippen MR) is 58.6 cm³/mol. The van der Waals surface area contributed by atoms with Crippen LogP contribution in [0.25, 0.3) is 11.5 Å². The molecule has 0 aliphatic carbocycles. The van der Waals surface area contributed by atoms with E-state index in [1.807, 2.05) is 25.1 Å². The molecule has 72 valence electrons. The van der Waals surface area contributed by atoms with Crippen LogP contribution in [0.1, 0.15) is 11.5 Å². The Kier molecular flexibility index (Phi) is 2.34. The SMILES string of the molecule is Cc1nnc(-c2c(C)cccc2P)o1. The van der Waals surface area contributed by atoms with E-state index in [1.54, 1.807) is 6.92 Å². The van der Waals surface area contributed by atoms with Gasteiger partial charge in [-0.1, -0.05) is 18.2 Å². The zero-order valence-electron chi connectivity index (χ0n) is 8.11. The second kappa shape index (κ2) is 3.50. The van der Waals surface area contributed by atoms with Gasteiger partial charge in [-0.15, -0.1) is 19.4 Å². The Bertz CT molecular complexity index is 445. The van der Waals surface area contributed by atoms with E-state index >= 15 is 0 Å². The van der Waals surface area contributed by atoms with E-state index in [0.717, 1.165) is 16.4 Å². The Balaban J connectivity index is 2.61. The summed E-state index contributed by atoms with van der Waals surface area (Å²) in [6.07, 6.45) is 0. The van der Waals surface area contributed by atoms with Gasteiger partial charge in [0.15, 0.2) is 0 Å². The van der Waals surface area contributed by atoms with Gasteiger partial charge >= 0.3 is 0 Å². The van der Waals surface area contributed by atoms with Crippen LogP contribution >= 0.6 is 9.24 Å². The van der Waals surface area contributed by atoms with Crippen molar-refractivity contribution in [2.24, 2.45) is 0 Å². The highest BCUT2D eigenvalue weighted by atomic mass is 31.0. The molecule has 1 heterocycles. The molecule has 0 aliphatic rings. The fourth-order valence-electron chi connectivity index (χ4n) is 1.38. The fraction of sp³-hybridized carbons (Fsp3) is 0.200. The minimum atomic E-state index is 0.589. The highest BCUT2D eigenvalue weighted by Crippen LogP contribution is 2.21. The van der Waals surface area contributed by atoms with Crippen molar-refractivity contribution in [2.45, 2.75) is 13.8 Å².